The van der Waals surface area contributed by atoms with E-state index in [0.29, 0.717) is 25.8 Å². The van der Waals surface area contributed by atoms with E-state index in [1.165, 1.54) is 0 Å². The molecule has 0 saturated carbocycles. The van der Waals surface area contributed by atoms with E-state index in [1.807, 2.05) is 62.0 Å². The number of benzene rings is 2. The largest absolute Gasteiger partial charge is 0.450 e. The van der Waals surface area contributed by atoms with Crippen LogP contribution in [0.15, 0.2) is 49.6 Å². The van der Waals surface area contributed by atoms with Crippen molar-refractivity contribution < 1.29 is 28.6 Å². The van der Waals surface area contributed by atoms with Gasteiger partial charge in [0.2, 0.25) is 0 Å². The Hall–Kier alpha value is -3.69. The Labute approximate surface area is 255 Å². The molecule has 9 nitrogen and oxygen atoms in total. The second-order valence-electron chi connectivity index (χ2n) is 12.1. The van der Waals surface area contributed by atoms with E-state index in [-0.39, 0.29) is 12.7 Å². The lowest BCUT2D eigenvalue weighted by molar-refractivity contribution is -0.165. The maximum atomic E-state index is 13.6. The topological polar surface area (TPSA) is 97.4 Å². The van der Waals surface area contributed by atoms with Gasteiger partial charge in [-0.2, -0.15) is 0 Å². The van der Waals surface area contributed by atoms with E-state index < -0.39 is 35.5 Å². The number of carbonyl (C=O) groups is 3. The van der Waals surface area contributed by atoms with Gasteiger partial charge in [0.05, 0.1) is 12.7 Å². The summed E-state index contributed by atoms with van der Waals surface area (Å²) < 4.78 is 16.2. The molecule has 43 heavy (non-hydrogen) atoms. The number of methoxy groups -OCH3 is 1. The number of alkyl carbamates (subject to hydrolysis) is 1. The third kappa shape index (κ3) is 8.91. The minimum Gasteiger partial charge on any atom is -0.450 e. The van der Waals surface area contributed by atoms with Crippen LogP contribution in [0.2, 0.25) is 0 Å². The van der Waals surface area contributed by atoms with Crippen LogP contribution in [-0.2, 0) is 30.2 Å². The van der Waals surface area contributed by atoms with Crippen molar-refractivity contribution in [2.45, 2.75) is 64.1 Å². The van der Waals surface area contributed by atoms with Crippen molar-refractivity contribution in [2.24, 2.45) is 5.41 Å². The Morgan fingerprint density at radius 1 is 1.14 bits per heavy atom. The van der Waals surface area contributed by atoms with Crippen LogP contribution in [0.4, 0.5) is 10.5 Å². The lowest BCUT2D eigenvalue weighted by Gasteiger charge is -2.33. The Bertz CT molecular complexity index is 1320. The first-order valence-corrected chi connectivity index (χ1v) is 14.8. The Morgan fingerprint density at radius 3 is 2.51 bits per heavy atom. The van der Waals surface area contributed by atoms with Gasteiger partial charge in [-0.1, -0.05) is 50.8 Å². The molecule has 0 spiro atoms. The summed E-state index contributed by atoms with van der Waals surface area (Å²) in [4.78, 5) is 43.3. The van der Waals surface area contributed by atoms with Gasteiger partial charge in [-0.3, -0.25) is 4.90 Å². The number of hydrogen-bond acceptors (Lipinski definition) is 8. The quantitative estimate of drug-likeness (QED) is 0.135. The summed E-state index contributed by atoms with van der Waals surface area (Å²) >= 11 is 0. The number of amides is 1. The average molecular weight is 594 g/mol. The Balaban J connectivity index is 1.83. The number of fused-ring (bicyclic) bond motifs is 1. The molecular weight excluding hydrogens is 546 g/mol. The van der Waals surface area contributed by atoms with Crippen molar-refractivity contribution in [3.8, 4) is 0 Å². The van der Waals surface area contributed by atoms with Crippen molar-refractivity contribution in [2.75, 3.05) is 46.3 Å². The minimum atomic E-state index is -1.14. The van der Waals surface area contributed by atoms with Gasteiger partial charge in [-0.15, -0.1) is 6.58 Å². The van der Waals surface area contributed by atoms with E-state index >= 15 is 0 Å². The number of carbonyl (C=O) groups excluding carboxylic acids is 3. The molecule has 3 atom stereocenters. The van der Waals surface area contributed by atoms with Gasteiger partial charge in [-0.25, -0.2) is 14.4 Å². The van der Waals surface area contributed by atoms with Crippen molar-refractivity contribution in [1.82, 2.24) is 10.2 Å². The van der Waals surface area contributed by atoms with Crippen LogP contribution in [0.1, 0.15) is 50.7 Å². The van der Waals surface area contributed by atoms with Crippen molar-refractivity contribution in [1.29, 1.82) is 0 Å². The number of esters is 2. The molecule has 9 heteroatoms. The molecule has 0 bridgehead atoms. The summed E-state index contributed by atoms with van der Waals surface area (Å²) in [6, 6.07) is 8.59. The number of nitrogens with zero attached hydrogens (tertiary/aromatic N) is 2. The molecule has 1 saturated heterocycles. The predicted octanol–water partition coefficient (Wildman–Crippen LogP) is 5.36. The molecule has 1 aliphatic heterocycles. The van der Waals surface area contributed by atoms with Crippen molar-refractivity contribution in [3.63, 3.8) is 0 Å². The second-order valence-corrected chi connectivity index (χ2v) is 12.1. The molecule has 1 amide bonds. The zero-order chi connectivity index (χ0) is 31.7. The summed E-state index contributed by atoms with van der Waals surface area (Å²) in [5.41, 5.74) is 2.21. The third-order valence-electron chi connectivity index (χ3n) is 8.04. The zero-order valence-electron chi connectivity index (χ0n) is 26.5. The molecule has 2 aromatic rings. The van der Waals surface area contributed by atoms with E-state index in [2.05, 4.69) is 36.7 Å². The highest BCUT2D eigenvalue weighted by molar-refractivity contribution is 5.93. The lowest BCUT2D eigenvalue weighted by Crippen LogP contribution is -2.53. The first-order chi connectivity index (χ1) is 20.4. The molecule has 1 fully saturated rings. The summed E-state index contributed by atoms with van der Waals surface area (Å²) in [6.45, 7) is 12.2. The zero-order valence-corrected chi connectivity index (χ0v) is 26.5. The van der Waals surface area contributed by atoms with Gasteiger partial charge < -0.3 is 24.4 Å². The molecule has 3 rings (SSSR count). The van der Waals surface area contributed by atoms with E-state index in [9.17, 15) is 14.4 Å². The highest BCUT2D eigenvalue weighted by Crippen LogP contribution is 2.32. The first kappa shape index (κ1) is 33.8. The monoisotopic (exact) mass is 593 g/mol. The smallest absolute Gasteiger partial charge is 0.407 e. The maximum Gasteiger partial charge on any atom is 0.407 e. The van der Waals surface area contributed by atoms with Gasteiger partial charge in [0.25, 0.3) is 0 Å². The van der Waals surface area contributed by atoms with E-state index in [4.69, 9.17) is 14.2 Å². The number of rotatable bonds is 14. The molecule has 2 aromatic carbocycles. The number of ether oxygens (including phenoxy) is 3. The molecule has 0 aliphatic carbocycles. The number of likely N-dealkylation sites (N-methyl/N-ethyl adjacent to an activating group) is 1. The van der Waals surface area contributed by atoms with Crippen molar-refractivity contribution in [3.05, 3.63) is 60.7 Å². The van der Waals surface area contributed by atoms with E-state index in [0.717, 1.165) is 40.4 Å². The van der Waals surface area contributed by atoms with Gasteiger partial charge in [-0.05, 0) is 72.2 Å². The van der Waals surface area contributed by atoms with Crippen LogP contribution in [0.25, 0.3) is 16.8 Å². The summed E-state index contributed by atoms with van der Waals surface area (Å²) in [6.07, 6.45) is 5.97. The number of unbranched alkanes of at least 4 members (excludes halogenated alkanes) is 2. The Kier molecular flexibility index (Phi) is 11.9. The number of anilines is 1. The van der Waals surface area contributed by atoms with Crippen LogP contribution < -0.4 is 10.2 Å². The number of nitrogens with one attached hydrogen (secondary N) is 1. The average Bonchev–Trinajstić information content (AvgIpc) is 3.35. The number of likely N-dealkylation sites (tertiary alicyclic amines) is 1. The molecule has 1 aliphatic rings. The van der Waals surface area contributed by atoms with Gasteiger partial charge in [0, 0.05) is 39.9 Å². The number of hydrogen-bond donors (Lipinski definition) is 1. The fraction of sp³-hybridized carbons (Fsp3) is 0.500. The Morgan fingerprint density at radius 2 is 1.88 bits per heavy atom. The standard InChI is InChI=1S/C34H47N3O6/c1-9-11-12-13-16-42-33(40)35-30(32(39)43-31(38)29-20-27(41-8)22-37(29)7)34(3,4)21-23-14-15-25-19-28(36(5)6)24(10-2)18-26(25)17-23/h9-10,14-15,17-19,27,29-30H,1-2,11-13,16,20-22H2,3-8H3,(H,35,40)/t27?,29?,30-/m1/s1. The molecule has 1 heterocycles. The van der Waals surface area contributed by atoms with Gasteiger partial charge in [0.15, 0.2) is 0 Å². The molecule has 1 N–H and O–H groups in total. The molecule has 234 valence electrons. The highest BCUT2D eigenvalue weighted by atomic mass is 16.6. The predicted molar refractivity (Wildman–Crippen MR) is 171 cm³/mol. The van der Waals surface area contributed by atoms with E-state index in [1.54, 1.807) is 14.2 Å². The normalized spacial score (nSPS) is 17.7. The van der Waals surface area contributed by atoms with Crippen LogP contribution in [0.5, 0.6) is 0 Å². The van der Waals surface area contributed by atoms with Gasteiger partial charge in [0.1, 0.15) is 12.1 Å². The minimum absolute atomic E-state index is 0.123. The van der Waals surface area contributed by atoms with Crippen LogP contribution in [-0.4, -0.2) is 82.5 Å². The van der Waals surface area contributed by atoms with Crippen molar-refractivity contribution >= 4 is 40.6 Å². The highest BCUT2D eigenvalue weighted by Gasteiger charge is 2.42. The summed E-state index contributed by atoms with van der Waals surface area (Å²) in [7, 11) is 7.37. The van der Waals surface area contributed by atoms with Gasteiger partial charge >= 0.3 is 18.0 Å². The first-order valence-electron chi connectivity index (χ1n) is 14.8. The maximum absolute atomic E-state index is 13.6. The molecule has 0 aromatic heterocycles. The fourth-order valence-electron chi connectivity index (χ4n) is 5.56. The summed E-state index contributed by atoms with van der Waals surface area (Å²) in [5, 5.41) is 4.81. The van der Waals surface area contributed by atoms with Crippen LogP contribution in [0.3, 0.4) is 0 Å². The molecular formula is C34H47N3O6. The SMILES string of the molecule is C=CCCCCOC(=O)N[C@H](C(=O)OC(=O)C1CC(OC)CN1C)C(C)(C)Cc1ccc2cc(N(C)C)c(C=C)cc2c1. The number of allylic oxidation sites excluding steroid dienone is 1. The third-order valence-corrected chi connectivity index (χ3v) is 8.04. The van der Waals surface area contributed by atoms with Crippen LogP contribution >= 0.6 is 0 Å². The fourth-order valence-corrected chi connectivity index (χ4v) is 5.56. The molecule has 2 unspecified atom stereocenters. The lowest BCUT2D eigenvalue weighted by atomic mass is 9.78. The van der Waals surface area contributed by atoms with Crippen LogP contribution in [0, 0.1) is 5.41 Å². The summed E-state index contributed by atoms with van der Waals surface area (Å²) in [5.74, 6) is -1.48. The molecule has 0 radical (unpaired) electrons. The second kappa shape index (κ2) is 15.2.